The summed E-state index contributed by atoms with van der Waals surface area (Å²) in [6.07, 6.45) is 0. The first kappa shape index (κ1) is 18.0. The third-order valence-corrected chi connectivity index (χ3v) is 4.88. The Morgan fingerprint density at radius 2 is 1.84 bits per heavy atom. The number of amides is 1. The Balaban J connectivity index is 1.80. The largest absolute Gasteiger partial charge is 0.305 e. The molecule has 0 unspecified atom stereocenters. The van der Waals surface area contributed by atoms with Gasteiger partial charge in [0.05, 0.1) is 6.54 Å². The summed E-state index contributed by atoms with van der Waals surface area (Å²) in [5.74, 6) is 0.257. The molecule has 0 aliphatic carbocycles. The van der Waals surface area contributed by atoms with E-state index in [-0.39, 0.29) is 5.91 Å². The second-order valence-corrected chi connectivity index (χ2v) is 7.22. The number of nitrogens with zero attached hydrogens (tertiary/aromatic N) is 2. The van der Waals surface area contributed by atoms with Crippen LogP contribution in [0, 0.1) is 6.92 Å². The van der Waals surface area contributed by atoms with Gasteiger partial charge in [0.25, 0.3) is 5.91 Å². The van der Waals surface area contributed by atoms with Crippen molar-refractivity contribution in [1.82, 2.24) is 9.78 Å². The minimum atomic E-state index is -0.221. The molecule has 0 saturated carbocycles. The molecule has 128 valence electrons. The molecule has 3 aromatic rings. The summed E-state index contributed by atoms with van der Waals surface area (Å²) in [5, 5.41) is 8.41. The van der Waals surface area contributed by atoms with E-state index >= 15 is 0 Å². The quantitative estimate of drug-likeness (QED) is 0.579. The van der Waals surface area contributed by atoms with E-state index in [2.05, 4.69) is 26.3 Å². The molecule has 0 spiro atoms. The van der Waals surface area contributed by atoms with Gasteiger partial charge in [0.15, 0.2) is 5.82 Å². The fourth-order valence-electron chi connectivity index (χ4n) is 2.38. The summed E-state index contributed by atoms with van der Waals surface area (Å²) < 4.78 is 2.60. The van der Waals surface area contributed by atoms with E-state index < -0.39 is 0 Å². The van der Waals surface area contributed by atoms with Gasteiger partial charge in [0, 0.05) is 37.4 Å². The summed E-state index contributed by atoms with van der Waals surface area (Å²) in [6, 6.07) is 14.4. The summed E-state index contributed by atoms with van der Waals surface area (Å²) in [5.41, 5.74) is 2.23. The first-order valence-corrected chi connectivity index (χ1v) is 9.03. The van der Waals surface area contributed by atoms with Crippen LogP contribution in [-0.4, -0.2) is 15.7 Å². The van der Waals surface area contributed by atoms with Gasteiger partial charge >= 0.3 is 0 Å². The summed E-state index contributed by atoms with van der Waals surface area (Å²) in [4.78, 5) is 12.3. The van der Waals surface area contributed by atoms with Crippen molar-refractivity contribution in [3.05, 3.63) is 79.9 Å². The molecule has 0 fully saturated rings. The van der Waals surface area contributed by atoms with Crippen LogP contribution in [0.3, 0.4) is 0 Å². The van der Waals surface area contributed by atoms with Crippen LogP contribution in [0.5, 0.6) is 0 Å². The number of carbonyl (C=O) groups is 1. The van der Waals surface area contributed by atoms with Gasteiger partial charge in [0.2, 0.25) is 0 Å². The molecule has 0 atom stereocenters. The lowest BCUT2D eigenvalue weighted by Gasteiger charge is -2.08. The average molecular weight is 439 g/mol. The van der Waals surface area contributed by atoms with E-state index in [1.54, 1.807) is 41.1 Å². The highest BCUT2D eigenvalue weighted by Gasteiger charge is 2.13. The number of aryl methyl sites for hydroxylation is 1. The van der Waals surface area contributed by atoms with Crippen LogP contribution in [0.2, 0.25) is 10.0 Å². The first-order chi connectivity index (χ1) is 11.9. The lowest BCUT2D eigenvalue weighted by molar-refractivity contribution is 0.102. The smallest absolute Gasteiger partial charge is 0.256 e. The van der Waals surface area contributed by atoms with E-state index in [1.165, 1.54) is 0 Å². The van der Waals surface area contributed by atoms with Gasteiger partial charge in [-0.15, -0.1) is 0 Å². The Morgan fingerprint density at radius 3 is 2.52 bits per heavy atom. The second kappa shape index (κ2) is 7.60. The van der Waals surface area contributed by atoms with Crippen molar-refractivity contribution >= 4 is 50.9 Å². The van der Waals surface area contributed by atoms with Crippen LogP contribution in [0.1, 0.15) is 21.6 Å². The third-order valence-electron chi connectivity index (χ3n) is 3.68. The molecule has 4 nitrogen and oxygen atoms in total. The molecular formula is C18H14BrCl2N3O. The molecule has 1 heterocycles. The number of rotatable bonds is 4. The maximum absolute atomic E-state index is 12.3. The highest BCUT2D eigenvalue weighted by atomic mass is 79.9. The van der Waals surface area contributed by atoms with Crippen LogP contribution in [0.15, 0.2) is 53.0 Å². The zero-order valence-corrected chi connectivity index (χ0v) is 16.4. The molecule has 25 heavy (non-hydrogen) atoms. The van der Waals surface area contributed by atoms with Crippen LogP contribution in [-0.2, 0) is 6.54 Å². The number of benzene rings is 2. The third kappa shape index (κ3) is 4.24. The van der Waals surface area contributed by atoms with Crippen molar-refractivity contribution in [2.75, 3.05) is 5.32 Å². The first-order valence-electron chi connectivity index (χ1n) is 7.48. The molecule has 0 radical (unpaired) electrons. The molecule has 1 aromatic heterocycles. The Labute approximate surface area is 163 Å². The van der Waals surface area contributed by atoms with E-state index in [4.69, 9.17) is 23.2 Å². The van der Waals surface area contributed by atoms with Gasteiger partial charge < -0.3 is 5.32 Å². The Morgan fingerprint density at radius 1 is 1.16 bits per heavy atom. The summed E-state index contributed by atoms with van der Waals surface area (Å²) in [6.45, 7) is 2.34. The van der Waals surface area contributed by atoms with Gasteiger partial charge in [-0.2, -0.15) is 5.10 Å². The number of carbonyl (C=O) groups excluding carboxylic acids is 1. The van der Waals surface area contributed by atoms with E-state index in [9.17, 15) is 4.79 Å². The molecule has 0 aliphatic heterocycles. The minimum Gasteiger partial charge on any atom is -0.305 e. The van der Waals surface area contributed by atoms with Crippen molar-refractivity contribution in [1.29, 1.82) is 0 Å². The molecule has 0 bridgehead atoms. The van der Waals surface area contributed by atoms with Gasteiger partial charge in [-0.1, -0.05) is 51.3 Å². The average Bonchev–Trinajstić information content (AvgIpc) is 2.90. The number of halogens is 3. The highest BCUT2D eigenvalue weighted by Crippen LogP contribution is 2.26. The number of aromatic nitrogens is 2. The van der Waals surface area contributed by atoms with E-state index in [0.29, 0.717) is 28.0 Å². The fourth-order valence-corrected chi connectivity index (χ4v) is 3.30. The predicted molar refractivity (Wildman–Crippen MR) is 105 cm³/mol. The van der Waals surface area contributed by atoms with Gasteiger partial charge in [0.1, 0.15) is 0 Å². The van der Waals surface area contributed by atoms with Crippen LogP contribution < -0.4 is 5.32 Å². The molecule has 1 amide bonds. The topological polar surface area (TPSA) is 46.9 Å². The highest BCUT2D eigenvalue weighted by molar-refractivity contribution is 9.10. The van der Waals surface area contributed by atoms with Gasteiger partial charge in [-0.3, -0.25) is 9.48 Å². The molecule has 3 rings (SSSR count). The van der Waals surface area contributed by atoms with Crippen LogP contribution >= 0.6 is 39.1 Å². The van der Waals surface area contributed by atoms with Crippen molar-refractivity contribution in [3.63, 3.8) is 0 Å². The molecule has 7 heteroatoms. The van der Waals surface area contributed by atoms with Crippen molar-refractivity contribution < 1.29 is 4.79 Å². The maximum Gasteiger partial charge on any atom is 0.256 e. The zero-order chi connectivity index (χ0) is 18.0. The Kier molecular flexibility index (Phi) is 5.47. The number of hydrogen-bond donors (Lipinski definition) is 1. The lowest BCUT2D eigenvalue weighted by Crippen LogP contribution is -2.13. The summed E-state index contributed by atoms with van der Waals surface area (Å²) in [7, 11) is 0. The predicted octanol–water partition coefficient (Wildman–Crippen LogP) is 5.56. The zero-order valence-electron chi connectivity index (χ0n) is 13.3. The van der Waals surface area contributed by atoms with Gasteiger partial charge in [-0.05, 0) is 37.3 Å². The number of nitrogens with one attached hydrogen (secondary N) is 1. The molecule has 0 saturated heterocycles. The minimum absolute atomic E-state index is 0.221. The molecular weight excluding hydrogens is 425 g/mol. The second-order valence-electron chi connectivity index (χ2n) is 5.49. The normalized spacial score (nSPS) is 10.7. The maximum atomic E-state index is 12.3. The molecule has 0 aliphatic rings. The van der Waals surface area contributed by atoms with E-state index in [0.717, 1.165) is 15.7 Å². The lowest BCUT2D eigenvalue weighted by atomic mass is 10.2. The van der Waals surface area contributed by atoms with Crippen LogP contribution in [0.25, 0.3) is 0 Å². The molecule has 1 N–H and O–H groups in total. The monoisotopic (exact) mass is 437 g/mol. The van der Waals surface area contributed by atoms with E-state index in [1.807, 2.05) is 19.1 Å². The Hall–Kier alpha value is -1.82. The number of hydrogen-bond acceptors (Lipinski definition) is 2. The Bertz CT molecular complexity index is 920. The van der Waals surface area contributed by atoms with Crippen LogP contribution in [0.4, 0.5) is 5.82 Å². The van der Waals surface area contributed by atoms with Crippen molar-refractivity contribution in [3.8, 4) is 0 Å². The van der Waals surface area contributed by atoms with Gasteiger partial charge in [-0.25, -0.2) is 0 Å². The molecule has 2 aromatic carbocycles. The van der Waals surface area contributed by atoms with Crippen molar-refractivity contribution in [2.45, 2.75) is 13.5 Å². The fraction of sp³-hybridized carbons (Fsp3) is 0.111. The standard InChI is InChI=1S/C18H14BrCl2N3O/c1-11-8-17(22-18(25)12-4-2-5-13(19)9-12)23-24(11)10-14-15(20)6-3-7-16(14)21/h2-9H,10H2,1H3,(H,22,23,25). The SMILES string of the molecule is Cc1cc(NC(=O)c2cccc(Br)c2)nn1Cc1c(Cl)cccc1Cl. The van der Waals surface area contributed by atoms with Crippen molar-refractivity contribution in [2.24, 2.45) is 0 Å². The number of anilines is 1. The summed E-state index contributed by atoms with van der Waals surface area (Å²) >= 11 is 15.8.